The molecule has 2 aromatic rings. The lowest BCUT2D eigenvalue weighted by atomic mass is 10.1. The SMILES string of the molecule is CC(=O)Nc1cccc(NC(=O)[C@H](C)N(c2cc(C)ccc2C)S(C)(=O)=O)c1. The van der Waals surface area contributed by atoms with E-state index in [1.54, 1.807) is 37.3 Å². The molecule has 0 radical (unpaired) electrons. The van der Waals surface area contributed by atoms with Crippen LogP contribution in [0.3, 0.4) is 0 Å². The van der Waals surface area contributed by atoms with Gasteiger partial charge in [0.15, 0.2) is 0 Å². The Morgan fingerprint density at radius 2 is 1.61 bits per heavy atom. The number of anilines is 3. The Hall–Kier alpha value is -2.87. The summed E-state index contributed by atoms with van der Waals surface area (Å²) in [6.07, 6.45) is 1.08. The van der Waals surface area contributed by atoms with Crippen molar-refractivity contribution >= 4 is 38.9 Å². The molecule has 2 N–H and O–H groups in total. The molecule has 28 heavy (non-hydrogen) atoms. The van der Waals surface area contributed by atoms with Crippen molar-refractivity contribution in [3.05, 3.63) is 53.6 Å². The van der Waals surface area contributed by atoms with Gasteiger partial charge in [-0.05, 0) is 56.2 Å². The Kier molecular flexibility index (Phi) is 6.45. The number of carbonyl (C=O) groups is 2. The second-order valence-electron chi connectivity index (χ2n) is 6.78. The third-order valence-electron chi connectivity index (χ3n) is 4.14. The lowest BCUT2D eigenvalue weighted by Crippen LogP contribution is -2.45. The fourth-order valence-electron chi connectivity index (χ4n) is 2.86. The maximum Gasteiger partial charge on any atom is 0.247 e. The fourth-order valence-corrected chi connectivity index (χ4v) is 4.09. The van der Waals surface area contributed by atoms with Gasteiger partial charge in [0.25, 0.3) is 0 Å². The molecule has 0 saturated heterocycles. The maximum absolute atomic E-state index is 12.8. The lowest BCUT2D eigenvalue weighted by Gasteiger charge is -2.29. The van der Waals surface area contributed by atoms with Crippen LogP contribution in [-0.4, -0.2) is 32.5 Å². The van der Waals surface area contributed by atoms with Gasteiger partial charge in [-0.25, -0.2) is 8.42 Å². The van der Waals surface area contributed by atoms with Crippen molar-refractivity contribution in [1.82, 2.24) is 0 Å². The molecule has 8 heteroatoms. The van der Waals surface area contributed by atoms with E-state index in [1.165, 1.54) is 13.8 Å². The molecule has 7 nitrogen and oxygen atoms in total. The highest BCUT2D eigenvalue weighted by molar-refractivity contribution is 7.92. The molecular formula is C20H25N3O4S. The minimum absolute atomic E-state index is 0.227. The van der Waals surface area contributed by atoms with E-state index in [0.717, 1.165) is 21.7 Å². The van der Waals surface area contributed by atoms with Gasteiger partial charge >= 0.3 is 0 Å². The molecule has 0 aliphatic heterocycles. The van der Waals surface area contributed by atoms with Gasteiger partial charge in [-0.15, -0.1) is 0 Å². The molecule has 0 aliphatic carbocycles. The normalized spacial score (nSPS) is 12.2. The molecule has 150 valence electrons. The molecule has 2 amide bonds. The molecule has 0 aromatic heterocycles. The fraction of sp³-hybridized carbons (Fsp3) is 0.300. The number of nitrogens with one attached hydrogen (secondary N) is 2. The van der Waals surface area contributed by atoms with Crippen molar-refractivity contribution in [2.45, 2.75) is 33.7 Å². The first kappa shape index (κ1) is 21.4. The third kappa shape index (κ3) is 5.32. The van der Waals surface area contributed by atoms with Crippen LogP contribution in [-0.2, 0) is 19.6 Å². The summed E-state index contributed by atoms with van der Waals surface area (Å²) in [5.41, 5.74) is 3.11. The van der Waals surface area contributed by atoms with Crippen molar-refractivity contribution in [2.75, 3.05) is 21.2 Å². The van der Waals surface area contributed by atoms with Crippen LogP contribution in [0.5, 0.6) is 0 Å². The van der Waals surface area contributed by atoms with Gasteiger partial charge in [-0.3, -0.25) is 13.9 Å². The summed E-state index contributed by atoms with van der Waals surface area (Å²) in [5.74, 6) is -0.707. The van der Waals surface area contributed by atoms with Crippen LogP contribution in [0.2, 0.25) is 0 Å². The molecule has 2 aromatic carbocycles. The number of sulfonamides is 1. The number of carbonyl (C=O) groups excluding carboxylic acids is 2. The average molecular weight is 404 g/mol. The summed E-state index contributed by atoms with van der Waals surface area (Å²) in [7, 11) is -3.70. The zero-order valence-corrected chi connectivity index (χ0v) is 17.4. The smallest absolute Gasteiger partial charge is 0.247 e. The van der Waals surface area contributed by atoms with Crippen LogP contribution >= 0.6 is 0 Å². The number of aryl methyl sites for hydroxylation is 2. The average Bonchev–Trinajstić information content (AvgIpc) is 2.56. The molecule has 0 heterocycles. The van der Waals surface area contributed by atoms with Crippen LogP contribution < -0.4 is 14.9 Å². The monoisotopic (exact) mass is 403 g/mol. The number of rotatable bonds is 6. The number of nitrogens with zero attached hydrogens (tertiary/aromatic N) is 1. The molecular weight excluding hydrogens is 378 g/mol. The van der Waals surface area contributed by atoms with Crippen molar-refractivity contribution < 1.29 is 18.0 Å². The van der Waals surface area contributed by atoms with Crippen molar-refractivity contribution in [1.29, 1.82) is 0 Å². The lowest BCUT2D eigenvalue weighted by molar-refractivity contribution is -0.117. The first-order valence-corrected chi connectivity index (χ1v) is 10.6. The third-order valence-corrected chi connectivity index (χ3v) is 5.37. The van der Waals surface area contributed by atoms with E-state index in [9.17, 15) is 18.0 Å². The minimum Gasteiger partial charge on any atom is -0.326 e. The highest BCUT2D eigenvalue weighted by Crippen LogP contribution is 2.27. The topological polar surface area (TPSA) is 95.6 Å². The van der Waals surface area contributed by atoms with E-state index in [4.69, 9.17) is 0 Å². The first-order valence-electron chi connectivity index (χ1n) is 8.74. The zero-order chi connectivity index (χ0) is 21.1. The Labute approximate surface area is 165 Å². The Morgan fingerprint density at radius 3 is 2.18 bits per heavy atom. The highest BCUT2D eigenvalue weighted by atomic mass is 32.2. The van der Waals surface area contributed by atoms with Crippen LogP contribution in [0.1, 0.15) is 25.0 Å². The van der Waals surface area contributed by atoms with Gasteiger partial charge < -0.3 is 10.6 Å². The number of benzene rings is 2. The van der Waals surface area contributed by atoms with Gasteiger partial charge in [-0.2, -0.15) is 0 Å². The second-order valence-corrected chi connectivity index (χ2v) is 8.64. The summed E-state index contributed by atoms with van der Waals surface area (Å²) in [4.78, 5) is 24.0. The van der Waals surface area contributed by atoms with E-state index in [1.807, 2.05) is 19.1 Å². The van der Waals surface area contributed by atoms with Gasteiger partial charge in [0.2, 0.25) is 21.8 Å². The summed E-state index contributed by atoms with van der Waals surface area (Å²) in [6.45, 7) is 6.59. The van der Waals surface area contributed by atoms with Crippen LogP contribution in [0.25, 0.3) is 0 Å². The Morgan fingerprint density at radius 1 is 1.00 bits per heavy atom. The van der Waals surface area contributed by atoms with Crippen LogP contribution in [0.15, 0.2) is 42.5 Å². The van der Waals surface area contributed by atoms with Gasteiger partial charge in [0.1, 0.15) is 6.04 Å². The van der Waals surface area contributed by atoms with Crippen molar-refractivity contribution in [3.63, 3.8) is 0 Å². The molecule has 0 saturated carbocycles. The second kappa shape index (κ2) is 8.43. The largest absolute Gasteiger partial charge is 0.326 e. The highest BCUT2D eigenvalue weighted by Gasteiger charge is 2.30. The van der Waals surface area contributed by atoms with Gasteiger partial charge in [0, 0.05) is 18.3 Å². The van der Waals surface area contributed by atoms with Gasteiger partial charge in [0.05, 0.1) is 11.9 Å². The van der Waals surface area contributed by atoms with Crippen LogP contribution in [0, 0.1) is 13.8 Å². The zero-order valence-electron chi connectivity index (χ0n) is 16.6. The number of hydrogen-bond donors (Lipinski definition) is 2. The maximum atomic E-state index is 12.8. The van der Waals surface area contributed by atoms with Crippen molar-refractivity contribution in [2.24, 2.45) is 0 Å². The predicted octanol–water partition coefficient (Wildman–Crippen LogP) is 3.06. The summed E-state index contributed by atoms with van der Waals surface area (Å²) >= 11 is 0. The summed E-state index contributed by atoms with van der Waals surface area (Å²) < 4.78 is 26.1. The van der Waals surface area contributed by atoms with E-state index >= 15 is 0 Å². The molecule has 0 aliphatic rings. The quantitative estimate of drug-likeness (QED) is 0.775. The van der Waals surface area contributed by atoms with Gasteiger partial charge in [-0.1, -0.05) is 18.2 Å². The minimum atomic E-state index is -3.70. The number of hydrogen-bond acceptors (Lipinski definition) is 4. The molecule has 0 spiro atoms. The van der Waals surface area contributed by atoms with E-state index in [2.05, 4.69) is 10.6 Å². The molecule has 0 unspecified atom stereocenters. The molecule has 2 rings (SSSR count). The number of amides is 2. The Balaban J connectivity index is 2.32. The van der Waals surface area contributed by atoms with Crippen LogP contribution in [0.4, 0.5) is 17.1 Å². The molecule has 1 atom stereocenters. The van der Waals surface area contributed by atoms with Crippen molar-refractivity contribution in [3.8, 4) is 0 Å². The van der Waals surface area contributed by atoms with E-state index in [-0.39, 0.29) is 5.91 Å². The first-order chi connectivity index (χ1) is 13.0. The van der Waals surface area contributed by atoms with E-state index < -0.39 is 22.0 Å². The molecule has 0 bridgehead atoms. The van der Waals surface area contributed by atoms with E-state index in [0.29, 0.717) is 17.1 Å². The predicted molar refractivity (Wildman–Crippen MR) is 112 cm³/mol. The summed E-state index contributed by atoms with van der Waals surface area (Å²) in [6, 6.07) is 11.1. The summed E-state index contributed by atoms with van der Waals surface area (Å²) in [5, 5.41) is 5.35. The Bertz CT molecular complexity index is 1000. The molecule has 0 fully saturated rings. The standard InChI is InChI=1S/C20H25N3O4S/c1-13-9-10-14(2)19(11-13)23(28(5,26)27)15(3)20(25)22-18-8-6-7-17(12-18)21-16(4)24/h6-12,15H,1-5H3,(H,21,24)(H,22,25)/t15-/m0/s1.